The van der Waals surface area contributed by atoms with Crippen molar-refractivity contribution in [2.24, 2.45) is 11.8 Å². The summed E-state index contributed by atoms with van der Waals surface area (Å²) in [5.41, 5.74) is 0. The summed E-state index contributed by atoms with van der Waals surface area (Å²) in [6.45, 7) is 4.41. The van der Waals surface area contributed by atoms with Crippen molar-refractivity contribution < 1.29 is 4.52 Å². The minimum atomic E-state index is 0.240. The van der Waals surface area contributed by atoms with E-state index in [2.05, 4.69) is 83.5 Å². The first kappa shape index (κ1) is 21.6. The highest BCUT2D eigenvalue weighted by atomic mass is 32.0. The van der Waals surface area contributed by atoms with E-state index in [4.69, 9.17) is 4.52 Å². The Balaban J connectivity index is 2.09. The van der Waals surface area contributed by atoms with E-state index < -0.39 is 0 Å². The molecule has 1 aliphatic carbocycles. The Morgan fingerprint density at radius 3 is 2.54 bits per heavy atom. The molecule has 0 spiro atoms. The second-order valence-corrected chi connectivity index (χ2v) is 7.41. The normalized spacial score (nSPS) is 23.3. The van der Waals surface area contributed by atoms with Crippen LogP contribution in [0.5, 0.6) is 0 Å². The molecule has 0 aromatic heterocycles. The minimum absolute atomic E-state index is 0.240. The second-order valence-electron chi connectivity index (χ2n) is 6.23. The fraction of sp³-hybridized carbons (Fsp3) is 0.524. The van der Waals surface area contributed by atoms with Gasteiger partial charge in [-0.1, -0.05) is 96.4 Å². The van der Waals surface area contributed by atoms with E-state index in [1.807, 2.05) is 0 Å². The molecule has 1 nitrogen and oxygen atoms in total. The van der Waals surface area contributed by atoms with Crippen LogP contribution in [0.25, 0.3) is 0 Å². The Morgan fingerprint density at radius 2 is 1.83 bits per heavy atom. The summed E-state index contributed by atoms with van der Waals surface area (Å²) in [7, 11) is 3.10. The highest BCUT2D eigenvalue weighted by Crippen LogP contribution is 2.43. The van der Waals surface area contributed by atoms with Crippen molar-refractivity contribution in [3.63, 3.8) is 0 Å². The van der Waals surface area contributed by atoms with E-state index in [0.717, 1.165) is 24.7 Å². The molecule has 0 aliphatic heterocycles. The van der Waals surface area contributed by atoms with Crippen molar-refractivity contribution in [2.45, 2.75) is 58.5 Å². The lowest BCUT2D eigenvalue weighted by atomic mass is 10.1. The van der Waals surface area contributed by atoms with E-state index in [1.165, 1.54) is 25.7 Å². The van der Waals surface area contributed by atoms with E-state index in [0.29, 0.717) is 8.50 Å². The SMILES string of the molecule is CCCCC1CC1/C=C/C=C/C=C\C/C=C\C=C\C(CC)OPP. The van der Waals surface area contributed by atoms with Crippen LogP contribution in [0.2, 0.25) is 0 Å². The van der Waals surface area contributed by atoms with Crippen LogP contribution in [0.15, 0.2) is 60.8 Å². The maximum atomic E-state index is 5.56. The molecule has 5 atom stereocenters. The predicted molar refractivity (Wildman–Crippen MR) is 115 cm³/mol. The van der Waals surface area contributed by atoms with Crippen molar-refractivity contribution in [3.05, 3.63) is 60.8 Å². The summed E-state index contributed by atoms with van der Waals surface area (Å²) in [5.74, 6) is 1.82. The molecule has 5 unspecified atom stereocenters. The van der Waals surface area contributed by atoms with Gasteiger partial charge < -0.3 is 4.52 Å². The van der Waals surface area contributed by atoms with Crippen LogP contribution in [0.3, 0.4) is 0 Å². The number of unbranched alkanes of at least 4 members (excludes halogenated alkanes) is 1. The Labute approximate surface area is 153 Å². The molecule has 0 amide bonds. The smallest absolute Gasteiger partial charge is 0.0799 e. The van der Waals surface area contributed by atoms with Gasteiger partial charge in [-0.2, -0.15) is 0 Å². The molecular formula is C21H34OP2. The van der Waals surface area contributed by atoms with Crippen LogP contribution in [-0.2, 0) is 4.52 Å². The van der Waals surface area contributed by atoms with E-state index in [9.17, 15) is 0 Å². The first-order chi connectivity index (χ1) is 11.8. The topological polar surface area (TPSA) is 9.23 Å². The van der Waals surface area contributed by atoms with E-state index in [-0.39, 0.29) is 6.10 Å². The van der Waals surface area contributed by atoms with Crippen LogP contribution >= 0.6 is 17.4 Å². The van der Waals surface area contributed by atoms with Gasteiger partial charge in [0.15, 0.2) is 0 Å². The molecule has 0 saturated heterocycles. The molecule has 1 rings (SSSR count). The third kappa shape index (κ3) is 11.1. The molecule has 0 radical (unpaired) electrons. The lowest BCUT2D eigenvalue weighted by Crippen LogP contribution is -2.00. The average Bonchev–Trinajstić information content (AvgIpc) is 3.35. The average molecular weight is 364 g/mol. The van der Waals surface area contributed by atoms with Gasteiger partial charge in [-0.25, -0.2) is 0 Å². The minimum Gasteiger partial charge on any atom is -0.351 e. The second kappa shape index (κ2) is 14.8. The highest BCUT2D eigenvalue weighted by molar-refractivity contribution is 8.00. The molecule has 0 N–H and O–H groups in total. The predicted octanol–water partition coefficient (Wildman–Crippen LogP) is 7.16. The third-order valence-corrected chi connectivity index (χ3v) is 5.05. The zero-order chi connectivity index (χ0) is 17.5. The lowest BCUT2D eigenvalue weighted by Gasteiger charge is -2.07. The van der Waals surface area contributed by atoms with Crippen molar-refractivity contribution in [3.8, 4) is 0 Å². The molecular weight excluding hydrogens is 330 g/mol. The summed E-state index contributed by atoms with van der Waals surface area (Å²) in [6, 6.07) is 0. The summed E-state index contributed by atoms with van der Waals surface area (Å²) in [6.07, 6.45) is 29.3. The molecule has 3 heteroatoms. The van der Waals surface area contributed by atoms with Gasteiger partial charge in [-0.05, 0) is 37.5 Å². The molecule has 1 saturated carbocycles. The molecule has 0 aromatic carbocycles. The molecule has 0 aromatic rings. The molecule has 0 bridgehead atoms. The van der Waals surface area contributed by atoms with Crippen LogP contribution < -0.4 is 0 Å². The number of rotatable bonds is 13. The Hall–Kier alpha value is -0.480. The molecule has 0 heterocycles. The molecule has 1 fully saturated rings. The van der Waals surface area contributed by atoms with Gasteiger partial charge in [0.05, 0.1) is 6.10 Å². The van der Waals surface area contributed by atoms with Gasteiger partial charge in [-0.3, -0.25) is 0 Å². The third-order valence-electron chi connectivity index (χ3n) is 4.20. The largest absolute Gasteiger partial charge is 0.351 e. The van der Waals surface area contributed by atoms with Crippen molar-refractivity contribution in [1.29, 1.82) is 0 Å². The lowest BCUT2D eigenvalue weighted by molar-refractivity contribution is 0.287. The Morgan fingerprint density at radius 1 is 1.08 bits per heavy atom. The van der Waals surface area contributed by atoms with Crippen molar-refractivity contribution >= 4 is 17.4 Å². The fourth-order valence-electron chi connectivity index (χ4n) is 2.57. The molecule has 134 valence electrons. The monoisotopic (exact) mass is 364 g/mol. The van der Waals surface area contributed by atoms with Crippen LogP contribution in [-0.4, -0.2) is 6.10 Å². The van der Waals surface area contributed by atoms with Gasteiger partial charge in [0.2, 0.25) is 0 Å². The first-order valence-electron chi connectivity index (χ1n) is 9.26. The van der Waals surface area contributed by atoms with E-state index >= 15 is 0 Å². The quantitative estimate of drug-likeness (QED) is 0.249. The molecule has 1 aliphatic rings. The Kier molecular flexibility index (Phi) is 13.3. The van der Waals surface area contributed by atoms with Crippen molar-refractivity contribution in [1.82, 2.24) is 0 Å². The van der Waals surface area contributed by atoms with E-state index in [1.54, 1.807) is 0 Å². The van der Waals surface area contributed by atoms with Gasteiger partial charge in [0, 0.05) is 8.50 Å². The summed E-state index contributed by atoms with van der Waals surface area (Å²) in [5, 5.41) is 0. The Bertz CT molecular complexity index is 449. The maximum Gasteiger partial charge on any atom is 0.0799 e. The molecule has 24 heavy (non-hydrogen) atoms. The number of hydrogen-bond donors (Lipinski definition) is 0. The first-order valence-corrected chi connectivity index (χ1v) is 12.0. The standard InChI is InChI=1S/C21H34OP2/c1-3-5-15-19-18-20(19)16-13-11-9-7-6-8-10-12-14-17-21(4-2)22-24-23/h6-7,9-14,16-17,19-21,24H,3-5,8,15,18,23H2,1-2H3/b7-6-,11-9+,12-10-,16-13+,17-14+. The van der Waals surface area contributed by atoms with Crippen LogP contribution in [0, 0.1) is 11.8 Å². The number of allylic oxidation sites excluding steroid dienone is 9. The zero-order valence-electron chi connectivity index (χ0n) is 15.2. The van der Waals surface area contributed by atoms with Gasteiger partial charge in [-0.15, -0.1) is 0 Å². The van der Waals surface area contributed by atoms with Gasteiger partial charge in [0.1, 0.15) is 0 Å². The highest BCUT2D eigenvalue weighted by Gasteiger charge is 2.33. The maximum absolute atomic E-state index is 5.56. The zero-order valence-corrected chi connectivity index (χ0v) is 17.4. The summed E-state index contributed by atoms with van der Waals surface area (Å²) < 4.78 is 5.56. The fourth-order valence-corrected chi connectivity index (χ4v) is 3.51. The van der Waals surface area contributed by atoms with Crippen LogP contribution in [0.4, 0.5) is 0 Å². The summed E-state index contributed by atoms with van der Waals surface area (Å²) >= 11 is 0. The van der Waals surface area contributed by atoms with Gasteiger partial charge >= 0.3 is 0 Å². The summed E-state index contributed by atoms with van der Waals surface area (Å²) in [4.78, 5) is 0. The number of hydrogen-bond acceptors (Lipinski definition) is 1. The van der Waals surface area contributed by atoms with Gasteiger partial charge in [0.25, 0.3) is 0 Å². The van der Waals surface area contributed by atoms with Crippen molar-refractivity contribution in [2.75, 3.05) is 0 Å². The van der Waals surface area contributed by atoms with Crippen LogP contribution in [0.1, 0.15) is 52.4 Å².